The van der Waals surface area contributed by atoms with Crippen LogP contribution in [0.5, 0.6) is 0 Å². The molecule has 9 nitrogen and oxygen atoms in total. The fraction of sp³-hybridized carbons (Fsp3) is 0.348. The molecule has 0 saturated carbocycles. The number of nitrogens with zero attached hydrogens (tertiary/aromatic N) is 2. The summed E-state index contributed by atoms with van der Waals surface area (Å²) in [5, 5.41) is 0.238. The minimum Gasteiger partial charge on any atom is -0.463 e. The highest BCUT2D eigenvalue weighted by Crippen LogP contribution is 2.58. The van der Waals surface area contributed by atoms with Crippen molar-refractivity contribution >= 4 is 41.4 Å². The molecule has 2 unspecified atom stereocenters. The van der Waals surface area contributed by atoms with Gasteiger partial charge in [-0.3, -0.25) is 24.2 Å². The molecule has 0 bridgehead atoms. The van der Waals surface area contributed by atoms with Crippen LogP contribution in [0.1, 0.15) is 47.9 Å². The standard InChI is InChI=1S/C23H22N2O7S/c1-5-31-21(29)15-11-16(24-17(26)13-9-7-8-10-14(13)18(24)27)19(28)25-20(15)33-23(25,12(3)4)22(30)32-6-2/h7-10,16H,3,5-6,11H2,1-2,4H3. The molecule has 172 valence electrons. The Bertz CT molecular complexity index is 1120. The zero-order valence-corrected chi connectivity index (χ0v) is 19.2. The van der Waals surface area contributed by atoms with Gasteiger partial charge in [0.25, 0.3) is 17.7 Å². The molecule has 3 aliphatic heterocycles. The second-order valence-electron chi connectivity index (χ2n) is 7.67. The van der Waals surface area contributed by atoms with Crippen molar-refractivity contribution in [3.63, 3.8) is 0 Å². The van der Waals surface area contributed by atoms with Crippen LogP contribution in [-0.4, -0.2) is 63.6 Å². The molecule has 0 aromatic heterocycles. The summed E-state index contributed by atoms with van der Waals surface area (Å²) in [4.78, 5) is 65.9. The summed E-state index contributed by atoms with van der Waals surface area (Å²) in [5.74, 6) is -3.33. The lowest BCUT2D eigenvalue weighted by atomic mass is 9.95. The van der Waals surface area contributed by atoms with Crippen molar-refractivity contribution in [2.24, 2.45) is 0 Å². The van der Waals surface area contributed by atoms with E-state index in [1.807, 2.05) is 0 Å². The number of benzene rings is 1. The molecule has 1 aromatic rings. The lowest BCUT2D eigenvalue weighted by Crippen LogP contribution is -2.68. The summed E-state index contributed by atoms with van der Waals surface area (Å²) in [5.41, 5.74) is 0.785. The molecular weight excluding hydrogens is 448 g/mol. The maximum atomic E-state index is 13.7. The third kappa shape index (κ3) is 3.12. The number of fused-ring (bicyclic) bond motifs is 2. The van der Waals surface area contributed by atoms with Crippen molar-refractivity contribution in [1.82, 2.24) is 9.80 Å². The zero-order valence-electron chi connectivity index (χ0n) is 18.4. The molecule has 2 atom stereocenters. The molecule has 4 rings (SSSR count). The normalized spacial score (nSPS) is 23.7. The number of hydrogen-bond acceptors (Lipinski definition) is 8. The number of ether oxygens (including phenoxy) is 2. The fourth-order valence-corrected chi connectivity index (χ4v) is 5.54. The molecule has 1 saturated heterocycles. The van der Waals surface area contributed by atoms with Gasteiger partial charge in [0.1, 0.15) is 6.04 Å². The Kier molecular flexibility index (Phi) is 5.65. The smallest absolute Gasteiger partial charge is 0.348 e. The second-order valence-corrected chi connectivity index (χ2v) is 8.85. The van der Waals surface area contributed by atoms with Gasteiger partial charge in [0, 0.05) is 6.42 Å². The van der Waals surface area contributed by atoms with Crippen LogP contribution in [0.3, 0.4) is 0 Å². The van der Waals surface area contributed by atoms with Gasteiger partial charge in [-0.25, -0.2) is 9.59 Å². The van der Waals surface area contributed by atoms with Gasteiger partial charge in [0.2, 0.25) is 4.87 Å². The van der Waals surface area contributed by atoms with E-state index in [1.54, 1.807) is 32.9 Å². The van der Waals surface area contributed by atoms with Crippen LogP contribution in [-0.2, 0) is 23.9 Å². The van der Waals surface area contributed by atoms with Crippen LogP contribution in [0, 0.1) is 0 Å². The van der Waals surface area contributed by atoms with Crippen molar-refractivity contribution in [3.05, 3.63) is 58.1 Å². The van der Waals surface area contributed by atoms with E-state index in [2.05, 4.69) is 6.58 Å². The zero-order chi connectivity index (χ0) is 24.1. The third-order valence-corrected chi connectivity index (χ3v) is 7.33. The van der Waals surface area contributed by atoms with E-state index >= 15 is 0 Å². The number of imide groups is 1. The third-order valence-electron chi connectivity index (χ3n) is 5.71. The number of esters is 2. The Morgan fingerprint density at radius 3 is 2.18 bits per heavy atom. The lowest BCUT2D eigenvalue weighted by Gasteiger charge is -2.55. The van der Waals surface area contributed by atoms with Crippen LogP contribution in [0.4, 0.5) is 0 Å². The van der Waals surface area contributed by atoms with Crippen LogP contribution < -0.4 is 0 Å². The molecule has 10 heteroatoms. The first-order chi connectivity index (χ1) is 15.7. The summed E-state index contributed by atoms with van der Waals surface area (Å²) in [6.45, 7) is 8.88. The summed E-state index contributed by atoms with van der Waals surface area (Å²) < 4.78 is 10.4. The Morgan fingerprint density at radius 1 is 1.09 bits per heavy atom. The number of thioether (sulfide) groups is 1. The van der Waals surface area contributed by atoms with E-state index < -0.39 is 40.6 Å². The molecular formula is C23H22N2O7S. The predicted molar refractivity (Wildman–Crippen MR) is 118 cm³/mol. The molecule has 0 radical (unpaired) electrons. The fourth-order valence-electron chi connectivity index (χ4n) is 4.20. The molecule has 3 heterocycles. The Balaban J connectivity index is 1.82. The molecule has 0 aliphatic carbocycles. The number of carbonyl (C=O) groups excluding carboxylic acids is 5. The quantitative estimate of drug-likeness (QED) is 0.354. The molecule has 0 N–H and O–H groups in total. The van der Waals surface area contributed by atoms with E-state index in [1.165, 1.54) is 12.1 Å². The number of carbonyl (C=O) groups is 5. The van der Waals surface area contributed by atoms with Gasteiger partial charge in [-0.1, -0.05) is 30.5 Å². The average Bonchev–Trinajstić information content (AvgIpc) is 3.00. The number of amides is 3. The van der Waals surface area contributed by atoms with E-state index in [0.29, 0.717) is 5.57 Å². The Labute approximate surface area is 194 Å². The monoisotopic (exact) mass is 470 g/mol. The maximum Gasteiger partial charge on any atom is 0.348 e. The van der Waals surface area contributed by atoms with Gasteiger partial charge in [-0.2, -0.15) is 0 Å². The van der Waals surface area contributed by atoms with E-state index in [-0.39, 0.29) is 41.4 Å². The van der Waals surface area contributed by atoms with Crippen LogP contribution in [0.15, 0.2) is 47.0 Å². The minimum absolute atomic E-state index is 0.0715. The first-order valence-electron chi connectivity index (χ1n) is 10.4. The van der Waals surface area contributed by atoms with Gasteiger partial charge in [0.05, 0.1) is 34.9 Å². The van der Waals surface area contributed by atoms with Gasteiger partial charge in [0.15, 0.2) is 0 Å². The first kappa shape index (κ1) is 22.8. The highest BCUT2D eigenvalue weighted by Gasteiger charge is 2.65. The molecule has 33 heavy (non-hydrogen) atoms. The van der Waals surface area contributed by atoms with E-state index in [9.17, 15) is 24.0 Å². The summed E-state index contributed by atoms with van der Waals surface area (Å²) >= 11 is 0.982. The maximum absolute atomic E-state index is 13.7. The van der Waals surface area contributed by atoms with Crippen molar-refractivity contribution < 1.29 is 33.4 Å². The number of hydrogen-bond donors (Lipinski definition) is 0. The Hall–Kier alpha value is -3.40. The molecule has 1 fully saturated rings. The Morgan fingerprint density at radius 2 is 1.67 bits per heavy atom. The van der Waals surface area contributed by atoms with Crippen LogP contribution in [0.2, 0.25) is 0 Å². The molecule has 0 spiro atoms. The highest BCUT2D eigenvalue weighted by molar-refractivity contribution is 8.06. The van der Waals surface area contributed by atoms with Gasteiger partial charge in [-0.05, 0) is 38.5 Å². The average molecular weight is 471 g/mol. The van der Waals surface area contributed by atoms with Crippen LogP contribution in [0.25, 0.3) is 0 Å². The van der Waals surface area contributed by atoms with Gasteiger partial charge < -0.3 is 9.47 Å². The van der Waals surface area contributed by atoms with Crippen molar-refractivity contribution in [2.45, 2.75) is 38.1 Å². The summed E-state index contributed by atoms with van der Waals surface area (Å²) in [6, 6.07) is 4.93. The number of rotatable bonds is 6. The van der Waals surface area contributed by atoms with Crippen molar-refractivity contribution in [2.75, 3.05) is 13.2 Å². The molecule has 1 aromatic carbocycles. The first-order valence-corrected chi connectivity index (χ1v) is 11.3. The van der Waals surface area contributed by atoms with Crippen molar-refractivity contribution in [3.8, 4) is 0 Å². The van der Waals surface area contributed by atoms with E-state index in [0.717, 1.165) is 21.6 Å². The largest absolute Gasteiger partial charge is 0.463 e. The summed E-state index contributed by atoms with van der Waals surface area (Å²) in [6.07, 6.45) is -0.211. The minimum atomic E-state index is -1.60. The molecule has 3 amide bonds. The van der Waals surface area contributed by atoms with Crippen molar-refractivity contribution in [1.29, 1.82) is 0 Å². The molecule has 3 aliphatic rings. The predicted octanol–water partition coefficient (Wildman–Crippen LogP) is 2.24. The summed E-state index contributed by atoms with van der Waals surface area (Å²) in [7, 11) is 0. The topological polar surface area (TPSA) is 110 Å². The van der Waals surface area contributed by atoms with Gasteiger partial charge >= 0.3 is 11.9 Å². The second kappa shape index (κ2) is 8.18. The highest BCUT2D eigenvalue weighted by atomic mass is 32.2. The lowest BCUT2D eigenvalue weighted by molar-refractivity contribution is -0.157. The van der Waals surface area contributed by atoms with Gasteiger partial charge in [-0.15, -0.1) is 0 Å². The van der Waals surface area contributed by atoms with Crippen LogP contribution >= 0.6 is 11.8 Å². The van der Waals surface area contributed by atoms with E-state index in [4.69, 9.17) is 9.47 Å². The SMILES string of the molecule is C=C(C)C1(C(=O)OCC)SC2=C(C(=O)OCC)CC(N3C(=O)c4ccccc4C3=O)C(=O)N21.